The lowest BCUT2D eigenvalue weighted by Crippen LogP contribution is -2.50. The highest BCUT2D eigenvalue weighted by Gasteiger charge is 2.37. The first-order valence-corrected chi connectivity index (χ1v) is 8.55. The van der Waals surface area contributed by atoms with E-state index in [0.717, 1.165) is 18.4 Å². The first-order valence-electron chi connectivity index (χ1n) is 7.67. The number of carbonyl (C=O) groups excluding carboxylic acids is 1. The number of hydrogen-bond acceptors (Lipinski definition) is 4. The van der Waals surface area contributed by atoms with Crippen LogP contribution in [-0.2, 0) is 10.3 Å². The number of carbonyl (C=O) groups is 1. The molecule has 22 heavy (non-hydrogen) atoms. The van der Waals surface area contributed by atoms with Crippen LogP contribution >= 0.6 is 11.3 Å². The first-order chi connectivity index (χ1) is 10.5. The van der Waals surface area contributed by atoms with Crippen LogP contribution in [-0.4, -0.2) is 23.3 Å². The van der Waals surface area contributed by atoms with Crippen LogP contribution in [0.1, 0.15) is 38.7 Å². The fourth-order valence-corrected chi connectivity index (χ4v) is 3.67. The van der Waals surface area contributed by atoms with Crippen LogP contribution in [0.2, 0.25) is 0 Å². The molecule has 4 nitrogen and oxygen atoms in total. The highest BCUT2D eigenvalue weighted by Crippen LogP contribution is 2.35. The molecule has 116 valence electrons. The molecule has 1 atom stereocenters. The summed E-state index contributed by atoms with van der Waals surface area (Å²) in [5.41, 5.74) is 6.55. The van der Waals surface area contributed by atoms with Gasteiger partial charge >= 0.3 is 0 Å². The molecule has 1 aliphatic rings. The van der Waals surface area contributed by atoms with E-state index in [-0.39, 0.29) is 5.91 Å². The van der Waals surface area contributed by atoms with Crippen molar-refractivity contribution in [1.82, 2.24) is 4.90 Å². The Morgan fingerprint density at radius 3 is 2.95 bits per heavy atom. The van der Waals surface area contributed by atoms with E-state index in [0.29, 0.717) is 18.9 Å². The van der Waals surface area contributed by atoms with Crippen LogP contribution in [0.25, 0.3) is 10.1 Å². The molecular weight excluding hydrogens is 294 g/mol. The molecule has 2 heterocycles. The van der Waals surface area contributed by atoms with Crippen LogP contribution in [0.5, 0.6) is 0 Å². The Morgan fingerprint density at radius 1 is 1.41 bits per heavy atom. The van der Waals surface area contributed by atoms with Crippen molar-refractivity contribution >= 4 is 33.3 Å². The van der Waals surface area contributed by atoms with Gasteiger partial charge in [0.2, 0.25) is 5.91 Å². The van der Waals surface area contributed by atoms with Gasteiger partial charge in [-0.2, -0.15) is 0 Å². The highest BCUT2D eigenvalue weighted by atomic mass is 32.1. The largest absolute Gasteiger partial charge is 0.369 e. The molecule has 1 aromatic heterocycles. The average Bonchev–Trinajstić information content (AvgIpc) is 2.93. The number of rotatable bonds is 4. The summed E-state index contributed by atoms with van der Waals surface area (Å²) in [6.45, 7) is 4.74. The van der Waals surface area contributed by atoms with E-state index in [2.05, 4.69) is 41.6 Å². The number of thiophene rings is 1. The Bertz CT molecular complexity index is 736. The number of guanidine groups is 1. The zero-order valence-corrected chi connectivity index (χ0v) is 13.8. The second kappa shape index (κ2) is 5.72. The molecule has 0 unspecified atom stereocenters. The summed E-state index contributed by atoms with van der Waals surface area (Å²) in [5, 5.41) is 3.27. The summed E-state index contributed by atoms with van der Waals surface area (Å²) in [6, 6.07) is 8.38. The Hall–Kier alpha value is -1.88. The summed E-state index contributed by atoms with van der Waals surface area (Å²) in [5.74, 6) is 0.409. The molecule has 5 heteroatoms. The molecule has 1 aliphatic heterocycles. The number of nitrogens with zero attached hydrogens (tertiary/aromatic N) is 2. The maximum Gasteiger partial charge on any atom is 0.232 e. The van der Waals surface area contributed by atoms with Gasteiger partial charge in [0.1, 0.15) is 0 Å². The third-order valence-corrected chi connectivity index (χ3v) is 5.14. The molecule has 0 saturated carbocycles. The fourth-order valence-electron chi connectivity index (χ4n) is 2.89. The van der Waals surface area contributed by atoms with E-state index in [4.69, 9.17) is 5.73 Å². The predicted molar refractivity (Wildman–Crippen MR) is 92.0 cm³/mol. The van der Waals surface area contributed by atoms with Gasteiger partial charge in [0.15, 0.2) is 5.96 Å². The molecule has 2 aromatic rings. The number of amides is 1. The van der Waals surface area contributed by atoms with Crippen molar-refractivity contribution in [2.24, 2.45) is 10.7 Å². The number of unbranched alkanes of at least 4 members (excludes halogenated alkanes) is 1. The van der Waals surface area contributed by atoms with Crippen LogP contribution in [0.4, 0.5) is 0 Å². The third kappa shape index (κ3) is 2.61. The van der Waals surface area contributed by atoms with Gasteiger partial charge in [-0.05, 0) is 47.9 Å². The number of aliphatic imine (C=N–C) groups is 1. The van der Waals surface area contributed by atoms with Crippen molar-refractivity contribution in [1.29, 1.82) is 0 Å². The minimum absolute atomic E-state index is 0.0638. The van der Waals surface area contributed by atoms with E-state index < -0.39 is 5.54 Å². The Morgan fingerprint density at radius 2 is 2.23 bits per heavy atom. The standard InChI is InChI=1S/C17H21N3OS/c1-3-4-8-20-15(21)11-17(2,19-16(20)18)13-5-6-14-12(10-13)7-9-22-14/h5-7,9-10H,3-4,8,11H2,1-2H3,(H2,18,19)/t17-/m0/s1. The number of fused-ring (bicyclic) bond motifs is 1. The summed E-state index contributed by atoms with van der Waals surface area (Å²) in [7, 11) is 0. The van der Waals surface area contributed by atoms with Gasteiger partial charge in [-0.3, -0.25) is 9.69 Å². The lowest BCUT2D eigenvalue weighted by molar-refractivity contribution is -0.129. The smallest absolute Gasteiger partial charge is 0.232 e. The van der Waals surface area contributed by atoms with Gasteiger partial charge in [0.05, 0.1) is 12.0 Å². The van der Waals surface area contributed by atoms with E-state index in [9.17, 15) is 4.79 Å². The summed E-state index contributed by atoms with van der Waals surface area (Å²) < 4.78 is 1.25. The number of hydrogen-bond donors (Lipinski definition) is 1. The third-order valence-electron chi connectivity index (χ3n) is 4.24. The molecular formula is C17H21N3OS. The van der Waals surface area contributed by atoms with Gasteiger partial charge < -0.3 is 5.73 Å². The lowest BCUT2D eigenvalue weighted by Gasteiger charge is -2.35. The van der Waals surface area contributed by atoms with Crippen molar-refractivity contribution < 1.29 is 4.79 Å². The van der Waals surface area contributed by atoms with E-state index in [1.807, 2.05) is 6.92 Å². The zero-order chi connectivity index (χ0) is 15.7. The Balaban J connectivity index is 1.95. The molecule has 0 fully saturated rings. The monoisotopic (exact) mass is 315 g/mol. The molecule has 1 aromatic carbocycles. The molecule has 3 rings (SSSR count). The lowest BCUT2D eigenvalue weighted by atomic mass is 9.87. The van der Waals surface area contributed by atoms with Gasteiger partial charge in [-0.25, -0.2) is 4.99 Å². The molecule has 0 radical (unpaired) electrons. The van der Waals surface area contributed by atoms with Gasteiger partial charge in [0, 0.05) is 11.2 Å². The van der Waals surface area contributed by atoms with Crippen molar-refractivity contribution in [3.63, 3.8) is 0 Å². The molecule has 0 bridgehead atoms. The zero-order valence-electron chi connectivity index (χ0n) is 13.0. The van der Waals surface area contributed by atoms with Crippen LogP contribution in [0, 0.1) is 0 Å². The average molecular weight is 315 g/mol. The van der Waals surface area contributed by atoms with Crippen LogP contribution in [0.3, 0.4) is 0 Å². The Labute approximate surface area is 134 Å². The van der Waals surface area contributed by atoms with Crippen LogP contribution in [0.15, 0.2) is 34.6 Å². The van der Waals surface area contributed by atoms with Crippen molar-refractivity contribution in [3.8, 4) is 0 Å². The highest BCUT2D eigenvalue weighted by molar-refractivity contribution is 7.17. The van der Waals surface area contributed by atoms with Gasteiger partial charge in [-0.1, -0.05) is 19.4 Å². The van der Waals surface area contributed by atoms with Crippen molar-refractivity contribution in [3.05, 3.63) is 35.2 Å². The second-order valence-electron chi connectivity index (χ2n) is 5.99. The Kier molecular flexibility index (Phi) is 3.91. The molecule has 1 amide bonds. The topological polar surface area (TPSA) is 58.7 Å². The van der Waals surface area contributed by atoms with E-state index in [1.54, 1.807) is 16.2 Å². The normalized spacial score (nSPS) is 22.2. The number of benzene rings is 1. The van der Waals surface area contributed by atoms with E-state index >= 15 is 0 Å². The van der Waals surface area contributed by atoms with E-state index in [1.165, 1.54) is 10.1 Å². The van der Waals surface area contributed by atoms with Crippen LogP contribution < -0.4 is 5.73 Å². The number of nitrogens with two attached hydrogens (primary N) is 1. The summed E-state index contributed by atoms with van der Waals surface area (Å²) in [4.78, 5) is 18.8. The molecule has 2 N–H and O–H groups in total. The molecule has 0 spiro atoms. The predicted octanol–water partition coefficient (Wildman–Crippen LogP) is 3.46. The molecule has 0 saturated heterocycles. The van der Waals surface area contributed by atoms with Gasteiger partial charge in [-0.15, -0.1) is 11.3 Å². The maximum atomic E-state index is 12.5. The van der Waals surface area contributed by atoms with Crippen molar-refractivity contribution in [2.45, 2.75) is 38.6 Å². The summed E-state index contributed by atoms with van der Waals surface area (Å²) in [6.07, 6.45) is 2.34. The maximum absolute atomic E-state index is 12.5. The SMILES string of the molecule is CCCCN1C(=O)C[C@@](C)(c2ccc3sccc3c2)N=C1N. The minimum atomic E-state index is -0.569. The van der Waals surface area contributed by atoms with Crippen molar-refractivity contribution in [2.75, 3.05) is 6.54 Å². The quantitative estimate of drug-likeness (QED) is 0.939. The second-order valence-corrected chi connectivity index (χ2v) is 6.94. The molecule has 0 aliphatic carbocycles. The van der Waals surface area contributed by atoms with Gasteiger partial charge in [0.25, 0.3) is 0 Å². The minimum Gasteiger partial charge on any atom is -0.369 e. The summed E-state index contributed by atoms with van der Waals surface area (Å²) >= 11 is 1.72. The fraction of sp³-hybridized carbons (Fsp3) is 0.412. The first kappa shape index (κ1) is 15.0.